The van der Waals surface area contributed by atoms with Gasteiger partial charge in [0.25, 0.3) is 0 Å². The first kappa shape index (κ1) is 93.6. The molecule has 0 spiro atoms. The fourth-order valence-electron chi connectivity index (χ4n) is 15.7. The smallest absolute Gasteiger partial charge is 0.217 e. The Hall–Kier alpha value is -2.70. The topological polar surface area (TPSA) is 668 Å². The highest BCUT2D eigenvalue weighted by atomic mass is 16.8. The van der Waals surface area contributed by atoms with Crippen molar-refractivity contribution in [3.8, 4) is 0 Å². The van der Waals surface area contributed by atoms with Crippen LogP contribution in [-0.2, 0) is 104 Å². The van der Waals surface area contributed by atoms with Crippen LogP contribution in [0, 0.1) is 11.8 Å². The lowest BCUT2D eigenvalue weighted by Gasteiger charge is -2.52. The van der Waals surface area contributed by atoms with E-state index in [0.29, 0.717) is 6.42 Å². The Morgan fingerprint density at radius 3 is 0.912 bits per heavy atom. The van der Waals surface area contributed by atoms with E-state index in [1.807, 2.05) is 0 Å². The molecule has 2 amide bonds. The van der Waals surface area contributed by atoms with Crippen LogP contribution in [0.25, 0.3) is 0 Å². The van der Waals surface area contributed by atoms with Crippen molar-refractivity contribution in [1.29, 1.82) is 0 Å². The summed E-state index contributed by atoms with van der Waals surface area (Å²) < 4.78 is 125. The van der Waals surface area contributed by atoms with Gasteiger partial charge in [-0.3, -0.25) is 9.59 Å². The summed E-state index contributed by atoms with van der Waals surface area (Å²) in [5, 5.41) is 241. The number of hydrogen-bond acceptors (Lipinski definition) is 43. The highest BCUT2D eigenvalue weighted by molar-refractivity contribution is 5.73. The quantitative estimate of drug-likeness (QED) is 0.0363. The summed E-state index contributed by atoms with van der Waals surface area (Å²) in [7, 11) is 0. The molecule has 0 aliphatic carbocycles. The van der Waals surface area contributed by atoms with Gasteiger partial charge >= 0.3 is 0 Å². The third-order valence-electron chi connectivity index (χ3n) is 22.6. The maximum Gasteiger partial charge on any atom is 0.217 e. The minimum Gasteiger partial charge on any atom is -0.394 e. The average molecular weight is 1660 g/mol. The molecule has 10 aliphatic heterocycles. The zero-order valence-corrected chi connectivity index (χ0v) is 64.5. The number of nitrogens with one attached hydrogen (secondary N) is 2. The zero-order chi connectivity index (χ0) is 83.8. The van der Waals surface area contributed by atoms with Gasteiger partial charge in [-0.2, -0.15) is 0 Å². The molecule has 0 bridgehead atoms. The minimum absolute atomic E-state index is 0.00480. The third-order valence-corrected chi connectivity index (χ3v) is 22.6. The molecule has 0 aromatic heterocycles. The second-order valence-corrected chi connectivity index (χ2v) is 30.9. The van der Waals surface area contributed by atoms with E-state index in [-0.39, 0.29) is 6.61 Å². The molecule has 45 heteroatoms. The summed E-state index contributed by atoms with van der Waals surface area (Å²) in [6.45, 7) is 11.2. The second kappa shape index (κ2) is 40.1. The van der Waals surface area contributed by atoms with Gasteiger partial charge in [-0.15, -0.1) is 0 Å². The third kappa shape index (κ3) is 20.0. The Morgan fingerprint density at radius 2 is 0.526 bits per heavy atom. The molecule has 0 radical (unpaired) electrons. The fourth-order valence-corrected chi connectivity index (χ4v) is 15.7. The Kier molecular flexibility index (Phi) is 32.9. The van der Waals surface area contributed by atoms with Gasteiger partial charge in [-0.25, -0.2) is 0 Å². The Morgan fingerprint density at radius 1 is 0.263 bits per heavy atom. The van der Waals surface area contributed by atoms with Crippen molar-refractivity contribution in [2.75, 3.05) is 33.0 Å². The summed E-state index contributed by atoms with van der Waals surface area (Å²) in [6.07, 6.45) is -80.3. The largest absolute Gasteiger partial charge is 0.394 e. The van der Waals surface area contributed by atoms with E-state index in [2.05, 4.69) is 10.6 Å². The molecule has 10 aliphatic rings. The number of aliphatic hydroxyl groups excluding tert-OH is 21. The normalized spacial score (nSPS) is 52.5. The van der Waals surface area contributed by atoms with Gasteiger partial charge in [-0.05, 0) is 48.0 Å². The number of ether oxygens (including phenoxy) is 20. The van der Waals surface area contributed by atoms with Gasteiger partial charge in [0, 0.05) is 32.3 Å². The monoisotopic (exact) mass is 1660 g/mol. The van der Waals surface area contributed by atoms with E-state index in [1.165, 1.54) is 55.4 Å². The molecule has 20 unspecified atom stereocenters. The number of aliphatic hydroxyl groups is 21. The maximum absolute atomic E-state index is 13.5. The highest BCUT2D eigenvalue weighted by Crippen LogP contribution is 2.43. The molecule has 10 heterocycles. The molecular formula is C69H118N2O43. The summed E-state index contributed by atoms with van der Waals surface area (Å²) in [6, 6.07) is -3.47. The molecule has 662 valence electrons. The summed E-state index contributed by atoms with van der Waals surface area (Å²) in [5.74, 6) is -4.07. The molecule has 0 aromatic carbocycles. The lowest BCUT2D eigenvalue weighted by atomic mass is 9.91. The Bertz CT molecular complexity index is 2990. The van der Waals surface area contributed by atoms with Crippen LogP contribution < -0.4 is 10.6 Å². The van der Waals surface area contributed by atoms with Gasteiger partial charge in [0.15, 0.2) is 62.9 Å². The zero-order valence-electron chi connectivity index (χ0n) is 64.5. The molecule has 10 fully saturated rings. The SMILES string of the molecule is CCCO[C@@H]1OC(C)[C@H](O)[C@H](O[C@H]2O[C@@H](CO)[C@@H](O)C(O)C2O)C1O[C@@H]1OC(CO)[C@@H](O)[C@H](O[C@@H]2OC(C)[C@H](O)[C@H](O[C@@H]3OC(C)[C@H](O)[C@H](O)C3O[C@@H]3OC(C)[C@H](O)[C@H](O[C@H]4O[C@@H](CO)[C@@H](O)C(O)C4O)C3O[C@@H]3OC(CO)[C@@H](O)[C@H](O[C@@H]4OC(C)[C@H](O)[C@H](O[C@@H]5OC(C)[C@H](O)[C@H](O)C5O)C4C)C3NC(C)=O)C2C)C1NC(C)=O. The van der Waals surface area contributed by atoms with Crippen LogP contribution in [0.5, 0.6) is 0 Å². The lowest BCUT2D eigenvalue weighted by molar-refractivity contribution is -0.411. The first-order chi connectivity index (χ1) is 53.8. The molecule has 10 saturated heterocycles. The van der Waals surface area contributed by atoms with E-state index in [9.17, 15) is 117 Å². The second-order valence-electron chi connectivity index (χ2n) is 30.9. The van der Waals surface area contributed by atoms with E-state index in [0.717, 1.165) is 13.8 Å². The first-order valence-corrected chi connectivity index (χ1v) is 38.4. The van der Waals surface area contributed by atoms with E-state index < -0.39 is 345 Å². The molecule has 114 heavy (non-hydrogen) atoms. The number of carbonyl (C=O) groups is 2. The molecule has 45 nitrogen and oxygen atoms in total. The van der Waals surface area contributed by atoms with Crippen LogP contribution in [0.2, 0.25) is 0 Å². The van der Waals surface area contributed by atoms with Crippen molar-refractivity contribution in [3.63, 3.8) is 0 Å². The molecule has 0 saturated carbocycles. The molecule has 0 aromatic rings. The molecular weight excluding hydrogens is 1540 g/mol. The van der Waals surface area contributed by atoms with Crippen LogP contribution in [0.3, 0.4) is 0 Å². The number of hydrogen-bond donors (Lipinski definition) is 23. The standard InChI is InChI=1S/C69H118N2O43/c1-12-13-95-67-58(55(38(82)24(8)99-67)110-65-49(93)45(89)40(84)28(14-72)104-65)113-62-32(70-26(10)76)53(42(86)30(16-74)102-62)109-61-19(3)52(37(81)23(7)97-61)107-68-57(47(91)35(79)21(5)100-68)112-69-59(56(39(83)25(9)101-69)111-66-50(94)46(90)41(85)29(15-73)105-66)114-63-33(71-27(11)77)54(43(87)31(17-75)103-63)108-60-18(2)51(36(80)22(6)96-60)106-64-48(92)44(88)34(78)20(4)98-64/h18-25,28-69,72-75,78-94H,12-17H2,1-11H3,(H,70,76)(H,71,77)/t18?,19?,20?,21?,22?,23?,24?,25?,28-,29-,30?,31?,32?,33?,34-,35-,36-,37-,38-,39-,40+,41+,42+,43+,44-,45?,46?,47-,48?,49?,50?,51+,52+,53+,54+,55-,56-,57?,58?,59?,60-,61-,62-,63-,64-,65+,66+,67+,68-,69-/m0/s1. The van der Waals surface area contributed by atoms with E-state index in [1.54, 1.807) is 6.92 Å². The van der Waals surface area contributed by atoms with Crippen molar-refractivity contribution in [2.24, 2.45) is 11.8 Å². The average Bonchev–Trinajstić information content (AvgIpc) is 0.761. The van der Waals surface area contributed by atoms with Gasteiger partial charge in [0.1, 0.15) is 183 Å². The minimum atomic E-state index is -2.18. The number of rotatable bonds is 27. The van der Waals surface area contributed by atoms with Gasteiger partial charge in [0.05, 0.1) is 75.3 Å². The summed E-state index contributed by atoms with van der Waals surface area (Å²) >= 11 is 0. The van der Waals surface area contributed by atoms with Crippen LogP contribution in [-0.4, -0.2) is 447 Å². The number of carbonyl (C=O) groups excluding carboxylic acids is 2. The molecule has 50 atom stereocenters. The van der Waals surface area contributed by atoms with Crippen LogP contribution in [0.4, 0.5) is 0 Å². The molecule has 10 rings (SSSR count). The maximum atomic E-state index is 13.5. The van der Waals surface area contributed by atoms with E-state index >= 15 is 0 Å². The van der Waals surface area contributed by atoms with Gasteiger partial charge < -0.3 is 213 Å². The summed E-state index contributed by atoms with van der Waals surface area (Å²) in [4.78, 5) is 26.9. The van der Waals surface area contributed by atoms with Crippen LogP contribution in [0.1, 0.15) is 82.6 Å². The Labute approximate surface area is 654 Å². The van der Waals surface area contributed by atoms with Gasteiger partial charge in [-0.1, -0.05) is 20.8 Å². The van der Waals surface area contributed by atoms with Crippen molar-refractivity contribution >= 4 is 11.8 Å². The van der Waals surface area contributed by atoms with Crippen molar-refractivity contribution in [1.82, 2.24) is 10.6 Å². The number of amides is 2. The predicted molar refractivity (Wildman–Crippen MR) is 365 cm³/mol. The van der Waals surface area contributed by atoms with Gasteiger partial charge in [0.2, 0.25) is 11.8 Å². The van der Waals surface area contributed by atoms with Crippen LogP contribution in [0.15, 0.2) is 0 Å². The molecule has 23 N–H and O–H groups in total. The lowest BCUT2D eigenvalue weighted by Crippen LogP contribution is -2.70. The highest BCUT2D eigenvalue weighted by Gasteiger charge is 2.62. The predicted octanol–water partition coefficient (Wildman–Crippen LogP) is -12.4. The van der Waals surface area contributed by atoms with Crippen molar-refractivity contribution < 1.29 is 212 Å². The van der Waals surface area contributed by atoms with E-state index in [4.69, 9.17) is 94.7 Å². The van der Waals surface area contributed by atoms with Crippen LogP contribution >= 0.6 is 0 Å². The fraction of sp³-hybridized carbons (Fsp3) is 0.971. The Balaban J connectivity index is 0.959. The van der Waals surface area contributed by atoms with Crippen molar-refractivity contribution in [2.45, 2.75) is 377 Å². The van der Waals surface area contributed by atoms with Crippen molar-refractivity contribution in [3.05, 3.63) is 0 Å². The first-order valence-electron chi connectivity index (χ1n) is 38.4. The summed E-state index contributed by atoms with van der Waals surface area (Å²) in [5.41, 5.74) is 0.